The molecule has 4 nitrogen and oxygen atoms in total. The number of aliphatic hydroxyl groups is 1. The summed E-state index contributed by atoms with van der Waals surface area (Å²) in [6.07, 6.45) is 4.51. The van der Waals surface area contributed by atoms with E-state index in [-0.39, 0.29) is 12.1 Å². The predicted molar refractivity (Wildman–Crippen MR) is 68.7 cm³/mol. The van der Waals surface area contributed by atoms with E-state index in [1.807, 2.05) is 12.3 Å². The van der Waals surface area contributed by atoms with Gasteiger partial charge in [-0.25, -0.2) is 4.98 Å². The average molecular weight is 233 g/mol. The highest BCUT2D eigenvalue weighted by atomic mass is 16.3. The maximum atomic E-state index is 8.97. The molecular formula is C13H19N3O. The lowest BCUT2D eigenvalue weighted by Gasteiger charge is -2.25. The van der Waals surface area contributed by atoms with Gasteiger partial charge in [0.2, 0.25) is 0 Å². The van der Waals surface area contributed by atoms with Crippen LogP contribution in [-0.4, -0.2) is 27.2 Å². The molecule has 0 spiro atoms. The van der Waals surface area contributed by atoms with Crippen LogP contribution in [0.15, 0.2) is 24.5 Å². The Morgan fingerprint density at radius 3 is 3.06 bits per heavy atom. The predicted octanol–water partition coefficient (Wildman–Crippen LogP) is 1.81. The number of nitrogens with one attached hydrogen (secondary N) is 2. The van der Waals surface area contributed by atoms with Gasteiger partial charge in [-0.15, -0.1) is 0 Å². The second kappa shape index (κ2) is 4.85. The van der Waals surface area contributed by atoms with Crippen molar-refractivity contribution >= 4 is 11.0 Å². The number of aromatic amines is 1. The summed E-state index contributed by atoms with van der Waals surface area (Å²) < 4.78 is 0. The Morgan fingerprint density at radius 1 is 1.47 bits per heavy atom. The lowest BCUT2D eigenvalue weighted by Crippen LogP contribution is -2.39. The largest absolute Gasteiger partial charge is 0.396 e. The van der Waals surface area contributed by atoms with Gasteiger partial charge in [-0.1, -0.05) is 0 Å². The zero-order valence-corrected chi connectivity index (χ0v) is 10.3. The molecule has 2 heterocycles. The Labute approximate surface area is 101 Å². The standard InChI is InChI=1S/C13H19N3O/c1-13(2,5-7-17)16-9-10-8-15-12-11(10)4-3-6-14-12/h3-4,6,8,16-17H,5,7,9H2,1-2H3,(H,14,15). The van der Waals surface area contributed by atoms with Crippen LogP contribution >= 0.6 is 0 Å². The Hall–Kier alpha value is -1.39. The van der Waals surface area contributed by atoms with Crippen molar-refractivity contribution in [3.8, 4) is 0 Å². The molecule has 0 saturated heterocycles. The summed E-state index contributed by atoms with van der Waals surface area (Å²) in [6.45, 7) is 5.17. The highest BCUT2D eigenvalue weighted by Crippen LogP contribution is 2.17. The topological polar surface area (TPSA) is 60.9 Å². The molecule has 2 aromatic rings. The molecule has 0 aliphatic heterocycles. The molecule has 0 saturated carbocycles. The molecule has 4 heteroatoms. The van der Waals surface area contributed by atoms with Crippen molar-refractivity contribution in [1.82, 2.24) is 15.3 Å². The third kappa shape index (κ3) is 2.84. The zero-order valence-electron chi connectivity index (χ0n) is 10.3. The molecule has 0 bridgehead atoms. The van der Waals surface area contributed by atoms with Crippen LogP contribution in [0, 0.1) is 0 Å². The summed E-state index contributed by atoms with van der Waals surface area (Å²) in [4.78, 5) is 7.42. The minimum atomic E-state index is -0.0550. The molecule has 0 aliphatic rings. The number of aromatic nitrogens is 2. The number of H-pyrrole nitrogens is 1. The number of nitrogens with zero attached hydrogens (tertiary/aromatic N) is 1. The van der Waals surface area contributed by atoms with E-state index in [1.165, 1.54) is 5.56 Å². The molecule has 0 aliphatic carbocycles. The van der Waals surface area contributed by atoms with E-state index in [2.05, 4.69) is 35.2 Å². The number of pyridine rings is 1. The zero-order chi connectivity index (χ0) is 12.3. The number of fused-ring (bicyclic) bond motifs is 1. The van der Waals surface area contributed by atoms with E-state index >= 15 is 0 Å². The highest BCUT2D eigenvalue weighted by Gasteiger charge is 2.16. The Kier molecular flexibility index (Phi) is 3.45. The summed E-state index contributed by atoms with van der Waals surface area (Å²) >= 11 is 0. The first-order chi connectivity index (χ1) is 8.12. The fraction of sp³-hybridized carbons (Fsp3) is 0.462. The van der Waals surface area contributed by atoms with Crippen LogP contribution in [0.4, 0.5) is 0 Å². The monoisotopic (exact) mass is 233 g/mol. The molecule has 17 heavy (non-hydrogen) atoms. The maximum Gasteiger partial charge on any atom is 0.137 e. The van der Waals surface area contributed by atoms with E-state index in [9.17, 15) is 0 Å². The number of hydrogen-bond acceptors (Lipinski definition) is 3. The lowest BCUT2D eigenvalue weighted by atomic mass is 10.0. The van der Waals surface area contributed by atoms with Crippen molar-refractivity contribution in [2.24, 2.45) is 0 Å². The SMILES string of the molecule is CC(C)(CCO)NCc1c[nH]c2ncccc12. The van der Waals surface area contributed by atoms with Gasteiger partial charge in [-0.3, -0.25) is 0 Å². The van der Waals surface area contributed by atoms with Gasteiger partial charge in [0.15, 0.2) is 0 Å². The van der Waals surface area contributed by atoms with Crippen molar-refractivity contribution in [3.05, 3.63) is 30.1 Å². The summed E-state index contributed by atoms with van der Waals surface area (Å²) in [7, 11) is 0. The Morgan fingerprint density at radius 2 is 2.29 bits per heavy atom. The van der Waals surface area contributed by atoms with Gasteiger partial charge >= 0.3 is 0 Å². The fourth-order valence-electron chi connectivity index (χ4n) is 1.86. The van der Waals surface area contributed by atoms with E-state index < -0.39 is 0 Å². The van der Waals surface area contributed by atoms with Gasteiger partial charge in [-0.05, 0) is 38.0 Å². The molecular weight excluding hydrogens is 214 g/mol. The van der Waals surface area contributed by atoms with Gasteiger partial charge < -0.3 is 15.4 Å². The quantitative estimate of drug-likeness (QED) is 0.738. The molecule has 0 radical (unpaired) electrons. The third-order valence-electron chi connectivity index (χ3n) is 3.03. The van der Waals surface area contributed by atoms with Gasteiger partial charge in [0.05, 0.1) is 0 Å². The Balaban J connectivity index is 2.09. The number of rotatable bonds is 5. The van der Waals surface area contributed by atoms with E-state index in [0.717, 1.165) is 24.0 Å². The van der Waals surface area contributed by atoms with Gasteiger partial charge in [0.25, 0.3) is 0 Å². The lowest BCUT2D eigenvalue weighted by molar-refractivity contribution is 0.230. The summed E-state index contributed by atoms with van der Waals surface area (Å²) in [5.74, 6) is 0. The molecule has 0 unspecified atom stereocenters. The van der Waals surface area contributed by atoms with Crippen LogP contribution in [0.2, 0.25) is 0 Å². The van der Waals surface area contributed by atoms with Crippen molar-refractivity contribution in [2.75, 3.05) is 6.61 Å². The van der Waals surface area contributed by atoms with Gasteiger partial charge in [0.1, 0.15) is 5.65 Å². The second-order valence-corrected chi connectivity index (χ2v) is 4.92. The van der Waals surface area contributed by atoms with E-state index in [0.29, 0.717) is 0 Å². The molecule has 3 N–H and O–H groups in total. The first-order valence-electron chi connectivity index (χ1n) is 5.89. The second-order valence-electron chi connectivity index (χ2n) is 4.92. The molecule has 2 rings (SSSR count). The summed E-state index contributed by atoms with van der Waals surface area (Å²) in [5, 5.41) is 13.6. The summed E-state index contributed by atoms with van der Waals surface area (Å²) in [5.41, 5.74) is 2.07. The minimum Gasteiger partial charge on any atom is -0.396 e. The van der Waals surface area contributed by atoms with Crippen LogP contribution in [0.5, 0.6) is 0 Å². The average Bonchev–Trinajstić information content (AvgIpc) is 2.70. The maximum absolute atomic E-state index is 8.97. The third-order valence-corrected chi connectivity index (χ3v) is 3.03. The fourth-order valence-corrected chi connectivity index (χ4v) is 1.86. The first kappa shape index (κ1) is 12.1. The van der Waals surface area contributed by atoms with Gasteiger partial charge in [-0.2, -0.15) is 0 Å². The molecule has 0 aromatic carbocycles. The van der Waals surface area contributed by atoms with Crippen molar-refractivity contribution < 1.29 is 5.11 Å². The van der Waals surface area contributed by atoms with Crippen LogP contribution in [0.3, 0.4) is 0 Å². The molecule has 2 aromatic heterocycles. The first-order valence-corrected chi connectivity index (χ1v) is 5.89. The van der Waals surface area contributed by atoms with Crippen LogP contribution in [0.25, 0.3) is 11.0 Å². The van der Waals surface area contributed by atoms with Gasteiger partial charge in [0, 0.05) is 36.5 Å². The smallest absolute Gasteiger partial charge is 0.137 e. The summed E-state index contributed by atoms with van der Waals surface area (Å²) in [6, 6.07) is 4.01. The molecule has 0 atom stereocenters. The molecule has 0 amide bonds. The number of aliphatic hydroxyl groups excluding tert-OH is 1. The Bertz CT molecular complexity index is 490. The van der Waals surface area contributed by atoms with Crippen LogP contribution < -0.4 is 5.32 Å². The van der Waals surface area contributed by atoms with Crippen molar-refractivity contribution in [1.29, 1.82) is 0 Å². The highest BCUT2D eigenvalue weighted by molar-refractivity contribution is 5.79. The normalized spacial score (nSPS) is 12.2. The number of hydrogen-bond donors (Lipinski definition) is 3. The molecule has 0 fully saturated rings. The van der Waals surface area contributed by atoms with Crippen LogP contribution in [-0.2, 0) is 6.54 Å². The van der Waals surface area contributed by atoms with E-state index in [1.54, 1.807) is 6.20 Å². The van der Waals surface area contributed by atoms with Crippen molar-refractivity contribution in [3.63, 3.8) is 0 Å². The van der Waals surface area contributed by atoms with Crippen LogP contribution in [0.1, 0.15) is 25.8 Å². The minimum absolute atomic E-state index is 0.0550. The van der Waals surface area contributed by atoms with Crippen molar-refractivity contribution in [2.45, 2.75) is 32.4 Å². The molecule has 92 valence electrons. The van der Waals surface area contributed by atoms with E-state index in [4.69, 9.17) is 5.11 Å².